The van der Waals surface area contributed by atoms with Crippen molar-refractivity contribution in [1.82, 2.24) is 59.7 Å². The van der Waals surface area contributed by atoms with Gasteiger partial charge in [-0.25, -0.2) is 38.7 Å². The number of nitrogens with two attached hydrogens (primary N) is 2. The smallest absolute Gasteiger partial charge is 0.325 e. The zero-order chi connectivity index (χ0) is 60.2. The molecule has 456 valence electrons. The Morgan fingerprint density at radius 2 is 1.13 bits per heavy atom. The molecule has 0 aliphatic carbocycles. The summed E-state index contributed by atoms with van der Waals surface area (Å²) < 4.78 is 41.4. The predicted octanol–water partition coefficient (Wildman–Crippen LogP) is 7.04. The highest BCUT2D eigenvalue weighted by Crippen LogP contribution is 2.30. The van der Waals surface area contributed by atoms with Gasteiger partial charge >= 0.3 is 5.97 Å². The number of nitrogen functional groups attached to an aromatic ring is 2. The van der Waals surface area contributed by atoms with E-state index in [1.165, 1.54) is 48.4 Å². The number of hydrogen-bond donors (Lipinski definition) is 6. The zero-order valence-corrected chi connectivity index (χ0v) is 51.8. The van der Waals surface area contributed by atoms with Crippen LogP contribution in [0.3, 0.4) is 0 Å². The summed E-state index contributed by atoms with van der Waals surface area (Å²) in [4.78, 5) is 98.8. The van der Waals surface area contributed by atoms with Gasteiger partial charge < -0.3 is 46.9 Å². The molecule has 8 aromatic rings. The third kappa shape index (κ3) is 17.9. The number of carboxylic acids is 1. The van der Waals surface area contributed by atoms with Gasteiger partial charge in [0.1, 0.15) is 75.2 Å². The molecular formula is C53H57Br2ClF2N16O9S3. The summed E-state index contributed by atoms with van der Waals surface area (Å²) >= 11 is 13.8. The van der Waals surface area contributed by atoms with E-state index in [1.54, 1.807) is 79.4 Å². The number of nitrogens with zero attached hydrogens (tertiary/aromatic N) is 11. The first-order chi connectivity index (χ1) is 39.7. The molecule has 8 heterocycles. The molecule has 2 aromatic carbocycles. The monoisotopic (exact) mass is 1390 g/mol. The summed E-state index contributed by atoms with van der Waals surface area (Å²) in [6.45, 7) is 2.14. The number of alkyl halides is 2. The van der Waals surface area contributed by atoms with Crippen molar-refractivity contribution in [2.24, 2.45) is 0 Å². The summed E-state index contributed by atoms with van der Waals surface area (Å²) in [5.74, 6) is -1.02. The molecule has 10 rings (SSSR count). The van der Waals surface area contributed by atoms with Crippen molar-refractivity contribution in [3.63, 3.8) is 0 Å². The number of pyridine rings is 2. The fourth-order valence-corrected chi connectivity index (χ4v) is 9.57. The number of nitrogens with one attached hydrogen (secondary N) is 3. The van der Waals surface area contributed by atoms with E-state index >= 15 is 0 Å². The van der Waals surface area contributed by atoms with Crippen LogP contribution >= 0.6 is 57.8 Å². The molecule has 4 atom stereocenters. The number of ether oxygens (including phenoxy) is 2. The fraction of sp³-hybridized carbons (Fsp3) is 0.283. The molecule has 86 heavy (non-hydrogen) atoms. The van der Waals surface area contributed by atoms with Gasteiger partial charge in [-0.05, 0) is 67.3 Å². The molecule has 0 unspecified atom stereocenters. The van der Waals surface area contributed by atoms with Crippen molar-refractivity contribution in [1.29, 1.82) is 0 Å². The number of amides is 3. The second-order valence-electron chi connectivity index (χ2n) is 18.2. The van der Waals surface area contributed by atoms with Gasteiger partial charge in [0.25, 0.3) is 0 Å². The fourth-order valence-electron chi connectivity index (χ4n) is 8.73. The molecule has 2 saturated heterocycles. The average Bonchev–Trinajstić information content (AvgIpc) is 2.25. The second kappa shape index (κ2) is 32.0. The molecular weight excluding hydrogens is 1330 g/mol. The van der Waals surface area contributed by atoms with Gasteiger partial charge in [0.15, 0.2) is 11.6 Å². The van der Waals surface area contributed by atoms with E-state index in [4.69, 9.17) is 26.0 Å². The van der Waals surface area contributed by atoms with E-state index in [2.05, 4.69) is 110 Å². The number of hydrogen-bond acceptors (Lipinski definition) is 21. The predicted molar refractivity (Wildman–Crippen MR) is 338 cm³/mol. The molecule has 2 fully saturated rings. The Bertz CT molecular complexity index is 3750. The summed E-state index contributed by atoms with van der Waals surface area (Å²) in [5, 5.41) is 26.7. The number of anilines is 4. The van der Waals surface area contributed by atoms with Crippen LogP contribution in [0.1, 0.15) is 55.1 Å². The highest BCUT2D eigenvalue weighted by molar-refractivity contribution is 9.10. The van der Waals surface area contributed by atoms with Crippen LogP contribution in [0.2, 0.25) is 0 Å². The van der Waals surface area contributed by atoms with Gasteiger partial charge in [-0.2, -0.15) is 23.7 Å². The standard InChI is InChI=1S/C26H24BrFN8O4.C15H13N5O3.C11H13BrFN3O2.CH4.ClH.S2.H2S/c1-13(37)24-18-5-14(15-9-30-26(29)31-10-15)3-4-19(18)36(34-24)12-23(38)35-11-16(28)6-20(35)25(39)33-22-8-17(40-2)7-21(27)32-22;1-8(21)14-11-4-9(10-5-17-15(16)18-6-10)2-3-12(11)20(19-14)7-13(22)23;1-18-7-3-9(12)15-10(4-7)16-11(17)8-2-6(13)5-14-8;;;1-2;/h3-5,7-10,16,20H,6,11-12H2,1-2H3,(H2,29,30,31)(H,32,33,39);2-6H,7H2,1H3,(H,22,23)(H2,16,17,18);3-4,6,8,14H,2,5H2,1H3,(H,15,16,17);1H4;1H;;1H2/t16-,20+;;6-,8+;;;;/m1.1..../s1. The van der Waals surface area contributed by atoms with Gasteiger partial charge in [-0.15, -0.1) is 12.4 Å². The normalized spacial score (nSPS) is 15.5. The molecule has 33 heteroatoms. The number of carbonyl (C=O) groups is 6. The quantitative estimate of drug-likeness (QED) is 0.0469. The number of halogens is 5. The zero-order valence-electron chi connectivity index (χ0n) is 45.2. The molecule has 2 aliphatic rings. The lowest BCUT2D eigenvalue weighted by atomic mass is 10.0. The molecule has 0 bridgehead atoms. The maximum Gasteiger partial charge on any atom is 0.325 e. The van der Waals surface area contributed by atoms with Crippen molar-refractivity contribution in [3.8, 4) is 33.8 Å². The van der Waals surface area contributed by atoms with Gasteiger partial charge in [-0.3, -0.25) is 38.1 Å². The highest BCUT2D eigenvalue weighted by atomic mass is 79.9. The van der Waals surface area contributed by atoms with Crippen LogP contribution in [0.5, 0.6) is 11.5 Å². The van der Waals surface area contributed by atoms with Crippen LogP contribution < -0.4 is 36.9 Å². The molecule has 3 amide bonds. The molecule has 8 N–H and O–H groups in total. The Balaban J connectivity index is 0.000000293. The number of aromatic nitrogens is 10. The number of rotatable bonds is 14. The average molecular weight is 1390 g/mol. The van der Waals surface area contributed by atoms with E-state index in [-0.39, 0.29) is 119 Å². The van der Waals surface area contributed by atoms with Crippen LogP contribution in [0, 0.1) is 0 Å². The maximum atomic E-state index is 14.5. The Kier molecular flexibility index (Phi) is 26.3. The van der Waals surface area contributed by atoms with E-state index in [0.717, 1.165) is 16.7 Å². The minimum atomic E-state index is -1.38. The van der Waals surface area contributed by atoms with Crippen molar-refractivity contribution in [3.05, 3.63) is 106 Å². The highest BCUT2D eigenvalue weighted by Gasteiger charge is 2.40. The van der Waals surface area contributed by atoms with Crippen LogP contribution in [-0.2, 0) is 54.6 Å². The number of Topliss-reactive ketones (excluding diaryl/α,β-unsaturated/α-hetero) is 2. The van der Waals surface area contributed by atoms with Crippen LogP contribution in [0.15, 0.2) is 94.7 Å². The van der Waals surface area contributed by atoms with Crippen molar-refractivity contribution in [2.75, 3.05) is 49.4 Å². The number of carboxylic acid groups (broad SMARTS) is 1. The van der Waals surface area contributed by atoms with Crippen molar-refractivity contribution < 1.29 is 52.1 Å². The van der Waals surface area contributed by atoms with Gasteiger partial charge in [0.05, 0.1) is 37.8 Å². The third-order valence-electron chi connectivity index (χ3n) is 12.5. The Hall–Kier alpha value is -7.88. The first-order valence-corrected chi connectivity index (χ1v) is 27.5. The molecule has 2 aliphatic heterocycles. The van der Waals surface area contributed by atoms with Gasteiger partial charge in [-0.1, -0.05) is 19.6 Å². The molecule has 0 saturated carbocycles. The molecule has 0 spiro atoms. The number of fused-ring (bicyclic) bond motifs is 2. The largest absolute Gasteiger partial charge is 0.497 e. The molecule has 25 nitrogen and oxygen atoms in total. The number of likely N-dealkylation sites (tertiary alicyclic amines) is 1. The third-order valence-corrected chi connectivity index (χ3v) is 13.3. The summed E-state index contributed by atoms with van der Waals surface area (Å²) in [6, 6.07) is 15.4. The summed E-state index contributed by atoms with van der Waals surface area (Å²) in [5.41, 5.74) is 15.5. The lowest BCUT2D eigenvalue weighted by Gasteiger charge is -2.23. The van der Waals surface area contributed by atoms with Crippen LogP contribution in [-0.4, -0.2) is 146 Å². The van der Waals surface area contributed by atoms with Gasteiger partial charge in [0.2, 0.25) is 29.6 Å². The lowest BCUT2D eigenvalue weighted by molar-refractivity contribution is -0.138. The Morgan fingerprint density at radius 1 is 0.686 bits per heavy atom. The van der Waals surface area contributed by atoms with Crippen LogP contribution in [0.4, 0.5) is 32.3 Å². The number of aliphatic carboxylic acids is 1. The lowest BCUT2D eigenvalue weighted by Crippen LogP contribution is -2.44. The minimum Gasteiger partial charge on any atom is -0.497 e. The van der Waals surface area contributed by atoms with E-state index in [1.807, 2.05) is 0 Å². The topological polar surface area (TPSA) is 345 Å². The maximum absolute atomic E-state index is 14.5. The number of methoxy groups -OCH3 is 2. The van der Waals surface area contributed by atoms with Crippen molar-refractivity contribution in [2.45, 2.75) is 71.6 Å². The Morgan fingerprint density at radius 3 is 1.53 bits per heavy atom. The molecule has 6 aromatic heterocycles. The SMILES string of the molecule is C.CC(=O)c1nn(CC(=O)O)c2ccc(-c3cnc(N)nc3)cc12.COc1cc(Br)nc(NC(=O)[C@@H]2C[C@@H](F)CN2)c1.COc1cc(Br)nc(NC(=O)[C@@H]2C[C@@H](F)CN2C(=O)Cn2nc(C(C)=O)c3cc(-c4cnc(N)nc4)ccc32)c1.Cl.S.S=S. The van der Waals surface area contributed by atoms with E-state index in [0.29, 0.717) is 53.9 Å². The second-order valence-corrected chi connectivity index (χ2v) is 19.9. The van der Waals surface area contributed by atoms with Gasteiger partial charge in [0, 0.05) is 127 Å². The number of ketones is 2. The molecule has 0 radical (unpaired) electrons. The minimum absolute atomic E-state index is 0. The van der Waals surface area contributed by atoms with E-state index < -0.39 is 42.2 Å². The first-order valence-electron chi connectivity index (χ1n) is 24.6. The first kappa shape index (κ1) is 70.6. The van der Waals surface area contributed by atoms with Crippen LogP contribution in [0.25, 0.3) is 44.1 Å². The summed E-state index contributed by atoms with van der Waals surface area (Å²) in [7, 11) is 3.00. The van der Waals surface area contributed by atoms with E-state index in [9.17, 15) is 37.5 Å². The number of carbonyl (C=O) groups excluding carboxylic acids is 5. The van der Waals surface area contributed by atoms with Crippen molar-refractivity contribution >= 4 is 161 Å². The summed E-state index contributed by atoms with van der Waals surface area (Å²) in [6.07, 6.45) is 3.98. The number of benzene rings is 2. The Labute approximate surface area is 530 Å².